The van der Waals surface area contributed by atoms with Crippen molar-refractivity contribution in [2.45, 2.75) is 91.7 Å². The van der Waals surface area contributed by atoms with Crippen LogP contribution in [0.3, 0.4) is 0 Å². The van der Waals surface area contributed by atoms with E-state index in [9.17, 15) is 14.7 Å². The number of hydrogen-bond donors (Lipinski definition) is 2. The summed E-state index contributed by atoms with van der Waals surface area (Å²) in [4.78, 5) is 25.5. The first-order chi connectivity index (χ1) is 15.5. The smallest absolute Gasteiger partial charge is 0.333 e. The van der Waals surface area contributed by atoms with Gasteiger partial charge in [0.1, 0.15) is 0 Å². The molecule has 0 saturated heterocycles. The first-order valence-corrected chi connectivity index (χ1v) is 13.0. The predicted octanol–water partition coefficient (Wildman–Crippen LogP) is 4.80. The van der Waals surface area contributed by atoms with E-state index in [1.807, 2.05) is 0 Å². The summed E-state index contributed by atoms with van der Waals surface area (Å²) in [6.45, 7) is 10.6. The van der Waals surface area contributed by atoms with Gasteiger partial charge in [-0.15, -0.1) is 0 Å². The fourth-order valence-electron chi connectivity index (χ4n) is 8.16. The van der Waals surface area contributed by atoms with Crippen molar-refractivity contribution in [2.24, 2.45) is 40.4 Å². The van der Waals surface area contributed by atoms with Gasteiger partial charge in [-0.3, -0.25) is 4.79 Å². The molecule has 8 atom stereocenters. The van der Waals surface area contributed by atoms with Crippen LogP contribution in [-0.4, -0.2) is 36.2 Å². The molecular formula is C28H43NO4. The lowest BCUT2D eigenvalue weighted by Crippen LogP contribution is -2.53. The minimum atomic E-state index is -0.550. The molecule has 184 valence electrons. The molecule has 4 rings (SSSR count). The van der Waals surface area contributed by atoms with Crippen molar-refractivity contribution in [3.05, 3.63) is 23.3 Å². The average Bonchev–Trinajstić information content (AvgIpc) is 3.13. The van der Waals surface area contributed by atoms with E-state index in [1.54, 1.807) is 6.92 Å². The maximum atomic E-state index is 13.4. The van der Waals surface area contributed by atoms with Crippen molar-refractivity contribution in [3.63, 3.8) is 0 Å². The zero-order valence-corrected chi connectivity index (χ0v) is 21.3. The molecule has 2 fully saturated rings. The van der Waals surface area contributed by atoms with Crippen LogP contribution in [0.25, 0.3) is 0 Å². The van der Waals surface area contributed by atoms with Gasteiger partial charge in [0.15, 0.2) is 0 Å². The fourth-order valence-corrected chi connectivity index (χ4v) is 8.16. The highest BCUT2D eigenvalue weighted by Gasteiger charge is 2.59. The van der Waals surface area contributed by atoms with Gasteiger partial charge in [0.25, 0.3) is 0 Å². The SMILES string of the molecule is COC(=O)C1=CC2=CC[C@H]3[C@@H]4CC[C@H](C(=O)NC(C(C)C)C(C)O)[C@@]4(C)CC[C@@H]3[C@@]2(C)CC1. The van der Waals surface area contributed by atoms with Crippen LogP contribution in [0.5, 0.6) is 0 Å². The van der Waals surface area contributed by atoms with Crippen molar-refractivity contribution in [3.8, 4) is 0 Å². The molecule has 2 saturated carbocycles. The van der Waals surface area contributed by atoms with Crippen LogP contribution in [0.15, 0.2) is 23.3 Å². The molecule has 0 aromatic carbocycles. The Bertz CT molecular complexity index is 850. The Balaban J connectivity index is 1.55. The summed E-state index contributed by atoms with van der Waals surface area (Å²) in [5.41, 5.74) is 2.25. The maximum Gasteiger partial charge on any atom is 0.333 e. The number of rotatable bonds is 5. The van der Waals surface area contributed by atoms with E-state index >= 15 is 0 Å². The fraction of sp³-hybridized carbons (Fsp3) is 0.786. The summed E-state index contributed by atoms with van der Waals surface area (Å²) in [6, 6.07) is -0.200. The van der Waals surface area contributed by atoms with E-state index in [4.69, 9.17) is 4.74 Å². The van der Waals surface area contributed by atoms with Crippen LogP contribution in [0.4, 0.5) is 0 Å². The van der Waals surface area contributed by atoms with Gasteiger partial charge in [0.05, 0.1) is 19.3 Å². The van der Waals surface area contributed by atoms with Gasteiger partial charge in [0.2, 0.25) is 5.91 Å². The molecule has 0 spiro atoms. The molecule has 0 aliphatic heterocycles. The molecule has 2 N–H and O–H groups in total. The number of aliphatic hydroxyl groups excluding tert-OH is 1. The Morgan fingerprint density at radius 3 is 2.48 bits per heavy atom. The molecule has 5 nitrogen and oxygen atoms in total. The molecule has 0 radical (unpaired) electrons. The summed E-state index contributed by atoms with van der Waals surface area (Å²) < 4.78 is 4.98. The largest absolute Gasteiger partial charge is 0.466 e. The minimum absolute atomic E-state index is 0.0227. The van der Waals surface area contributed by atoms with Gasteiger partial charge in [0, 0.05) is 11.5 Å². The van der Waals surface area contributed by atoms with Crippen molar-refractivity contribution in [2.75, 3.05) is 7.11 Å². The van der Waals surface area contributed by atoms with E-state index in [-0.39, 0.29) is 40.6 Å². The number of methoxy groups -OCH3 is 1. The van der Waals surface area contributed by atoms with E-state index in [0.717, 1.165) is 50.5 Å². The number of aliphatic hydroxyl groups is 1. The highest BCUT2D eigenvalue weighted by atomic mass is 16.5. The molecule has 2 unspecified atom stereocenters. The summed E-state index contributed by atoms with van der Waals surface area (Å²) in [6.07, 6.45) is 11.0. The molecule has 5 heteroatoms. The third kappa shape index (κ3) is 3.98. The number of carbonyl (C=O) groups is 2. The van der Waals surface area contributed by atoms with Crippen LogP contribution in [-0.2, 0) is 14.3 Å². The quantitative estimate of drug-likeness (QED) is 0.582. The van der Waals surface area contributed by atoms with Crippen molar-refractivity contribution >= 4 is 11.9 Å². The molecule has 0 aromatic rings. The number of allylic oxidation sites excluding steroid dienone is 3. The number of ether oxygens (including phenoxy) is 1. The highest BCUT2D eigenvalue weighted by molar-refractivity contribution is 5.89. The highest BCUT2D eigenvalue weighted by Crippen LogP contribution is 2.66. The molecule has 4 aliphatic rings. The number of nitrogens with one attached hydrogen (secondary N) is 1. The Morgan fingerprint density at radius 2 is 1.85 bits per heavy atom. The molecular weight excluding hydrogens is 414 g/mol. The van der Waals surface area contributed by atoms with Crippen LogP contribution < -0.4 is 5.32 Å². The molecule has 33 heavy (non-hydrogen) atoms. The number of amides is 1. The van der Waals surface area contributed by atoms with Gasteiger partial charge in [-0.1, -0.05) is 33.8 Å². The standard InChI is InChI=1S/C28H43NO4/c1-16(2)24(17(3)30)29-25(31)23-10-9-21-20-8-7-19-15-18(26(32)33-6)11-13-27(19,4)22(20)12-14-28(21,23)5/h7,15-17,20-24,30H,8-14H2,1-6H3,(H,29,31)/t17?,20-,21-,22-,23+,24?,27-,28-/m0/s1. The Morgan fingerprint density at radius 1 is 1.12 bits per heavy atom. The third-order valence-corrected chi connectivity index (χ3v) is 10.1. The second-order valence-electron chi connectivity index (χ2n) is 12.0. The predicted molar refractivity (Wildman–Crippen MR) is 129 cm³/mol. The van der Waals surface area contributed by atoms with Crippen LogP contribution in [0.1, 0.15) is 79.6 Å². The maximum absolute atomic E-state index is 13.4. The van der Waals surface area contributed by atoms with Gasteiger partial charge in [-0.2, -0.15) is 0 Å². The number of carbonyl (C=O) groups excluding carboxylic acids is 2. The molecule has 4 aliphatic carbocycles. The van der Waals surface area contributed by atoms with E-state index in [0.29, 0.717) is 17.8 Å². The van der Waals surface area contributed by atoms with Crippen molar-refractivity contribution in [1.82, 2.24) is 5.32 Å². The van der Waals surface area contributed by atoms with Gasteiger partial charge in [-0.05, 0) is 98.0 Å². The summed E-state index contributed by atoms with van der Waals surface area (Å²) in [7, 11) is 1.46. The Kier molecular flexibility index (Phi) is 6.58. The Hall–Kier alpha value is -1.62. The van der Waals surface area contributed by atoms with Gasteiger partial charge >= 0.3 is 5.97 Å². The second kappa shape index (κ2) is 8.87. The first-order valence-electron chi connectivity index (χ1n) is 13.0. The zero-order chi connectivity index (χ0) is 24.1. The summed E-state index contributed by atoms with van der Waals surface area (Å²) in [5, 5.41) is 13.4. The topological polar surface area (TPSA) is 75.6 Å². The van der Waals surface area contributed by atoms with E-state index < -0.39 is 6.10 Å². The molecule has 0 bridgehead atoms. The van der Waals surface area contributed by atoms with E-state index in [2.05, 4.69) is 45.2 Å². The monoisotopic (exact) mass is 457 g/mol. The summed E-state index contributed by atoms with van der Waals surface area (Å²) >= 11 is 0. The molecule has 0 aromatic heterocycles. The number of fused-ring (bicyclic) bond motifs is 5. The second-order valence-corrected chi connectivity index (χ2v) is 12.0. The average molecular weight is 458 g/mol. The summed E-state index contributed by atoms with van der Waals surface area (Å²) in [5.74, 6) is 1.92. The normalized spacial score (nSPS) is 39.4. The minimum Gasteiger partial charge on any atom is -0.466 e. The van der Waals surface area contributed by atoms with E-state index in [1.165, 1.54) is 12.7 Å². The van der Waals surface area contributed by atoms with Gasteiger partial charge < -0.3 is 15.2 Å². The zero-order valence-electron chi connectivity index (χ0n) is 21.3. The number of esters is 1. The van der Waals surface area contributed by atoms with Crippen LogP contribution in [0.2, 0.25) is 0 Å². The van der Waals surface area contributed by atoms with Crippen LogP contribution in [0, 0.1) is 40.4 Å². The van der Waals surface area contributed by atoms with Gasteiger partial charge in [-0.25, -0.2) is 4.79 Å². The first kappa shape index (κ1) is 24.5. The molecule has 1 amide bonds. The lowest BCUT2D eigenvalue weighted by Gasteiger charge is -2.57. The van der Waals surface area contributed by atoms with Crippen molar-refractivity contribution in [1.29, 1.82) is 0 Å². The molecule has 0 heterocycles. The third-order valence-electron chi connectivity index (χ3n) is 10.1. The Labute approximate surface area is 199 Å². The lowest BCUT2D eigenvalue weighted by atomic mass is 9.48. The van der Waals surface area contributed by atoms with Crippen LogP contribution >= 0.6 is 0 Å². The van der Waals surface area contributed by atoms with Crippen molar-refractivity contribution < 1.29 is 19.4 Å². The number of hydrogen-bond acceptors (Lipinski definition) is 4. The lowest BCUT2D eigenvalue weighted by molar-refractivity contribution is -0.136.